The molecule has 0 unspecified atom stereocenters. The summed E-state index contributed by atoms with van der Waals surface area (Å²) in [5.74, 6) is 0.114. The van der Waals surface area contributed by atoms with E-state index in [1.165, 1.54) is 12.1 Å². The highest BCUT2D eigenvalue weighted by Gasteiger charge is 2.09. The normalized spacial score (nSPS) is 11.2. The van der Waals surface area contributed by atoms with Gasteiger partial charge in [0.05, 0.1) is 26.1 Å². The van der Waals surface area contributed by atoms with E-state index >= 15 is 0 Å². The van der Waals surface area contributed by atoms with Gasteiger partial charge >= 0.3 is 0 Å². The van der Waals surface area contributed by atoms with Crippen LogP contribution in [0.5, 0.6) is 0 Å². The number of nitrogens with one attached hydrogen (secondary N) is 1. The van der Waals surface area contributed by atoms with Crippen molar-refractivity contribution in [2.75, 3.05) is 0 Å². The molecular formula is C13H6Cl3FN2. The summed E-state index contributed by atoms with van der Waals surface area (Å²) in [6.07, 6.45) is 0. The Morgan fingerprint density at radius 1 is 0.947 bits per heavy atom. The number of rotatable bonds is 1. The van der Waals surface area contributed by atoms with Crippen molar-refractivity contribution in [1.29, 1.82) is 0 Å². The molecule has 0 amide bonds. The Morgan fingerprint density at radius 3 is 2.42 bits per heavy atom. The first-order valence-electron chi connectivity index (χ1n) is 5.35. The number of imidazole rings is 1. The predicted octanol–water partition coefficient (Wildman–Crippen LogP) is 5.33. The average molecular weight is 316 g/mol. The molecule has 2 nitrogen and oxygen atoms in total. The van der Waals surface area contributed by atoms with Crippen molar-refractivity contribution in [2.24, 2.45) is 0 Å². The molecule has 2 aromatic carbocycles. The average Bonchev–Trinajstić information content (AvgIpc) is 2.76. The van der Waals surface area contributed by atoms with Gasteiger partial charge in [-0.05, 0) is 30.3 Å². The van der Waals surface area contributed by atoms with Crippen molar-refractivity contribution in [2.45, 2.75) is 0 Å². The quantitative estimate of drug-likeness (QED) is 0.646. The van der Waals surface area contributed by atoms with Crippen molar-refractivity contribution >= 4 is 45.8 Å². The largest absolute Gasteiger partial charge is 0.338 e. The first-order chi connectivity index (χ1) is 9.04. The molecule has 0 spiro atoms. The van der Waals surface area contributed by atoms with Gasteiger partial charge in [0.1, 0.15) is 11.6 Å². The first-order valence-corrected chi connectivity index (χ1v) is 6.48. The van der Waals surface area contributed by atoms with Crippen LogP contribution < -0.4 is 0 Å². The lowest BCUT2D eigenvalue weighted by Crippen LogP contribution is -1.82. The summed E-state index contributed by atoms with van der Waals surface area (Å²) in [5, 5.41) is 0.930. The number of halogens is 4. The molecular weight excluding hydrogens is 310 g/mol. The van der Waals surface area contributed by atoms with Gasteiger partial charge in [-0.15, -0.1) is 0 Å². The van der Waals surface area contributed by atoms with Gasteiger partial charge in [-0.1, -0.05) is 34.8 Å². The van der Waals surface area contributed by atoms with Crippen LogP contribution in [0.25, 0.3) is 22.4 Å². The van der Waals surface area contributed by atoms with Gasteiger partial charge in [0.25, 0.3) is 0 Å². The summed E-state index contributed by atoms with van der Waals surface area (Å²) in [7, 11) is 0. The summed E-state index contributed by atoms with van der Waals surface area (Å²) in [6, 6.07) is 7.77. The van der Waals surface area contributed by atoms with E-state index in [1.54, 1.807) is 18.2 Å². The standard InChI is InChI=1S/C13H6Cl3FN2/c14-7-4-11-12(5-8(7)15)19-13(18-11)6-1-2-10(17)9(16)3-6/h1-5H,(H,18,19). The minimum atomic E-state index is -0.465. The number of benzene rings is 2. The Bertz CT molecular complexity index is 744. The Balaban J connectivity index is 2.17. The molecule has 3 rings (SSSR count). The van der Waals surface area contributed by atoms with Crippen molar-refractivity contribution in [3.8, 4) is 11.4 Å². The van der Waals surface area contributed by atoms with Crippen molar-refractivity contribution in [3.05, 3.63) is 51.2 Å². The van der Waals surface area contributed by atoms with E-state index in [-0.39, 0.29) is 5.02 Å². The van der Waals surface area contributed by atoms with Gasteiger partial charge in [-0.2, -0.15) is 0 Å². The molecule has 96 valence electrons. The molecule has 0 saturated heterocycles. The third-order valence-electron chi connectivity index (χ3n) is 2.72. The third kappa shape index (κ3) is 2.29. The van der Waals surface area contributed by atoms with Gasteiger partial charge in [-0.3, -0.25) is 0 Å². The SMILES string of the molecule is Fc1ccc(-c2nc3cc(Cl)c(Cl)cc3[nH]2)cc1Cl. The van der Waals surface area contributed by atoms with E-state index < -0.39 is 5.82 Å². The van der Waals surface area contributed by atoms with Crippen LogP contribution in [0.3, 0.4) is 0 Å². The second-order valence-electron chi connectivity index (χ2n) is 4.00. The lowest BCUT2D eigenvalue weighted by molar-refractivity contribution is 0.628. The van der Waals surface area contributed by atoms with E-state index in [1.807, 2.05) is 0 Å². The van der Waals surface area contributed by atoms with Gasteiger partial charge in [0, 0.05) is 5.56 Å². The third-order valence-corrected chi connectivity index (χ3v) is 3.73. The van der Waals surface area contributed by atoms with Crippen LogP contribution >= 0.6 is 34.8 Å². The lowest BCUT2D eigenvalue weighted by atomic mass is 10.2. The fourth-order valence-corrected chi connectivity index (χ4v) is 2.29. The molecule has 19 heavy (non-hydrogen) atoms. The molecule has 0 aliphatic carbocycles. The zero-order chi connectivity index (χ0) is 13.6. The van der Waals surface area contributed by atoms with Crippen molar-refractivity contribution in [1.82, 2.24) is 9.97 Å². The highest BCUT2D eigenvalue weighted by molar-refractivity contribution is 6.42. The summed E-state index contributed by atoms with van der Waals surface area (Å²) in [6.45, 7) is 0. The van der Waals surface area contributed by atoms with E-state index in [0.29, 0.717) is 26.9 Å². The van der Waals surface area contributed by atoms with Crippen LogP contribution in [0, 0.1) is 5.82 Å². The summed E-state index contributed by atoms with van der Waals surface area (Å²) < 4.78 is 13.1. The molecule has 0 aliphatic heterocycles. The topological polar surface area (TPSA) is 28.7 Å². The van der Waals surface area contributed by atoms with Crippen LogP contribution in [0.15, 0.2) is 30.3 Å². The van der Waals surface area contributed by atoms with Crippen LogP contribution in [0.4, 0.5) is 4.39 Å². The minimum absolute atomic E-state index is 0.0500. The zero-order valence-corrected chi connectivity index (χ0v) is 11.6. The molecule has 1 heterocycles. The fraction of sp³-hybridized carbons (Fsp3) is 0. The molecule has 3 aromatic rings. The maximum atomic E-state index is 13.1. The van der Waals surface area contributed by atoms with E-state index in [9.17, 15) is 4.39 Å². The molecule has 0 radical (unpaired) electrons. The van der Waals surface area contributed by atoms with Crippen LogP contribution in [0.2, 0.25) is 15.1 Å². The Morgan fingerprint density at radius 2 is 1.68 bits per heavy atom. The first kappa shape index (κ1) is 12.7. The Hall–Kier alpha value is -1.29. The van der Waals surface area contributed by atoms with Gasteiger partial charge in [0.15, 0.2) is 0 Å². The van der Waals surface area contributed by atoms with E-state index in [0.717, 1.165) is 5.52 Å². The van der Waals surface area contributed by atoms with Crippen LogP contribution in [0.1, 0.15) is 0 Å². The predicted molar refractivity (Wildman–Crippen MR) is 76.5 cm³/mol. The lowest BCUT2D eigenvalue weighted by Gasteiger charge is -1.98. The number of H-pyrrole nitrogens is 1. The number of aromatic amines is 1. The monoisotopic (exact) mass is 314 g/mol. The van der Waals surface area contributed by atoms with E-state index in [2.05, 4.69) is 9.97 Å². The molecule has 6 heteroatoms. The minimum Gasteiger partial charge on any atom is -0.338 e. The Labute approximate surface area is 123 Å². The highest BCUT2D eigenvalue weighted by Crippen LogP contribution is 2.29. The fourth-order valence-electron chi connectivity index (χ4n) is 1.79. The van der Waals surface area contributed by atoms with Gasteiger partial charge in [0.2, 0.25) is 0 Å². The zero-order valence-electron chi connectivity index (χ0n) is 9.35. The Kier molecular flexibility index (Phi) is 3.13. The number of hydrogen-bond acceptors (Lipinski definition) is 1. The molecule has 0 bridgehead atoms. The highest BCUT2D eigenvalue weighted by atomic mass is 35.5. The molecule has 0 aliphatic rings. The maximum absolute atomic E-state index is 13.1. The van der Waals surface area contributed by atoms with Crippen LogP contribution in [-0.2, 0) is 0 Å². The molecule has 0 atom stereocenters. The van der Waals surface area contributed by atoms with Crippen LogP contribution in [-0.4, -0.2) is 9.97 Å². The molecule has 1 aromatic heterocycles. The van der Waals surface area contributed by atoms with Crippen molar-refractivity contribution in [3.63, 3.8) is 0 Å². The number of nitrogens with zero attached hydrogens (tertiary/aromatic N) is 1. The summed E-state index contributed by atoms with van der Waals surface area (Å²) in [5.41, 5.74) is 2.13. The summed E-state index contributed by atoms with van der Waals surface area (Å²) >= 11 is 17.6. The second kappa shape index (κ2) is 4.67. The van der Waals surface area contributed by atoms with Crippen molar-refractivity contribution < 1.29 is 4.39 Å². The molecule has 0 saturated carbocycles. The molecule has 0 fully saturated rings. The number of aromatic nitrogens is 2. The summed E-state index contributed by atoms with van der Waals surface area (Å²) in [4.78, 5) is 7.47. The maximum Gasteiger partial charge on any atom is 0.141 e. The number of hydrogen-bond donors (Lipinski definition) is 1. The smallest absolute Gasteiger partial charge is 0.141 e. The molecule has 1 N–H and O–H groups in total. The van der Waals surface area contributed by atoms with E-state index in [4.69, 9.17) is 34.8 Å². The van der Waals surface area contributed by atoms with Gasteiger partial charge < -0.3 is 4.98 Å². The number of fused-ring (bicyclic) bond motifs is 1. The second-order valence-corrected chi connectivity index (χ2v) is 5.22. The van der Waals surface area contributed by atoms with Gasteiger partial charge in [-0.25, -0.2) is 9.37 Å².